The number of likely N-dealkylation sites (tertiary alicyclic amines) is 1. The van der Waals surface area contributed by atoms with Gasteiger partial charge in [-0.1, -0.05) is 67.6 Å². The first kappa shape index (κ1) is 20.6. The molecule has 0 saturated carbocycles. The van der Waals surface area contributed by atoms with E-state index in [-0.39, 0.29) is 12.1 Å². The molecular formula is C24H32N2O2. The van der Waals surface area contributed by atoms with Gasteiger partial charge in [0.05, 0.1) is 0 Å². The van der Waals surface area contributed by atoms with E-state index < -0.39 is 6.04 Å². The molecule has 2 aromatic carbocycles. The Balaban J connectivity index is 1.60. The van der Waals surface area contributed by atoms with Crippen LogP contribution < -0.4 is 5.73 Å². The lowest BCUT2D eigenvalue weighted by molar-refractivity contribution is -0.152. The molecule has 28 heavy (non-hydrogen) atoms. The number of nitrogens with zero attached hydrogens (tertiary/aromatic N) is 1. The Bertz CT molecular complexity index is 735. The van der Waals surface area contributed by atoms with E-state index in [0.29, 0.717) is 12.1 Å². The van der Waals surface area contributed by atoms with Crippen LogP contribution in [0.15, 0.2) is 60.7 Å². The van der Waals surface area contributed by atoms with E-state index in [9.17, 15) is 4.79 Å². The normalized spacial score (nSPS) is 22.0. The Morgan fingerprint density at radius 3 is 2.39 bits per heavy atom. The largest absolute Gasteiger partial charge is 0.461 e. The van der Waals surface area contributed by atoms with Gasteiger partial charge in [0.15, 0.2) is 0 Å². The molecule has 1 aliphatic rings. The molecule has 4 heteroatoms. The van der Waals surface area contributed by atoms with Gasteiger partial charge in [0.2, 0.25) is 0 Å². The van der Waals surface area contributed by atoms with Gasteiger partial charge in [0, 0.05) is 18.6 Å². The third-order valence-electron chi connectivity index (χ3n) is 5.85. The lowest BCUT2D eigenvalue weighted by Crippen LogP contribution is -2.37. The van der Waals surface area contributed by atoms with Crippen LogP contribution in [0.4, 0.5) is 0 Å². The predicted molar refractivity (Wildman–Crippen MR) is 113 cm³/mol. The van der Waals surface area contributed by atoms with Crippen molar-refractivity contribution in [3.8, 4) is 0 Å². The van der Waals surface area contributed by atoms with Gasteiger partial charge in [-0.05, 0) is 43.7 Å². The monoisotopic (exact) mass is 380 g/mol. The van der Waals surface area contributed by atoms with Gasteiger partial charge in [-0.25, -0.2) is 4.79 Å². The van der Waals surface area contributed by atoms with E-state index in [1.807, 2.05) is 30.3 Å². The van der Waals surface area contributed by atoms with Gasteiger partial charge < -0.3 is 10.5 Å². The molecule has 0 radical (unpaired) electrons. The molecule has 2 N–H and O–H groups in total. The molecule has 150 valence electrons. The average Bonchev–Trinajstić information content (AvgIpc) is 3.07. The van der Waals surface area contributed by atoms with Crippen LogP contribution in [0.1, 0.15) is 56.7 Å². The van der Waals surface area contributed by atoms with Crippen LogP contribution in [0.3, 0.4) is 0 Å². The molecule has 4 unspecified atom stereocenters. The molecule has 1 fully saturated rings. The van der Waals surface area contributed by atoms with Crippen LogP contribution in [0.2, 0.25) is 0 Å². The Labute approximate surface area is 168 Å². The number of rotatable bonds is 8. The highest BCUT2D eigenvalue weighted by atomic mass is 16.5. The van der Waals surface area contributed by atoms with E-state index in [4.69, 9.17) is 10.5 Å². The first-order valence-electron chi connectivity index (χ1n) is 10.4. The summed E-state index contributed by atoms with van der Waals surface area (Å²) in [5.41, 5.74) is 8.24. The zero-order valence-electron chi connectivity index (χ0n) is 17.0. The van der Waals surface area contributed by atoms with E-state index in [1.165, 1.54) is 12.0 Å². The zero-order valence-corrected chi connectivity index (χ0v) is 17.0. The molecule has 0 aliphatic carbocycles. The second-order valence-corrected chi connectivity index (χ2v) is 7.83. The van der Waals surface area contributed by atoms with Crippen molar-refractivity contribution in [3.05, 3.63) is 71.8 Å². The summed E-state index contributed by atoms with van der Waals surface area (Å²) in [6, 6.07) is 20.3. The Kier molecular flexibility index (Phi) is 7.24. The van der Waals surface area contributed by atoms with Crippen LogP contribution >= 0.6 is 0 Å². The molecule has 0 spiro atoms. The first-order valence-corrected chi connectivity index (χ1v) is 10.4. The maximum atomic E-state index is 12.6. The van der Waals surface area contributed by atoms with Crippen LogP contribution in [0, 0.1) is 0 Å². The smallest absolute Gasteiger partial charge is 0.327 e. The minimum Gasteiger partial charge on any atom is -0.461 e. The molecule has 1 saturated heterocycles. The van der Waals surface area contributed by atoms with Crippen molar-refractivity contribution in [3.63, 3.8) is 0 Å². The molecule has 3 rings (SSSR count). The van der Waals surface area contributed by atoms with E-state index in [2.05, 4.69) is 49.1 Å². The quantitative estimate of drug-likeness (QED) is 0.688. The van der Waals surface area contributed by atoms with Gasteiger partial charge in [-0.2, -0.15) is 0 Å². The summed E-state index contributed by atoms with van der Waals surface area (Å²) in [6.45, 7) is 5.31. The molecular weight excluding hydrogens is 348 g/mol. The molecule has 4 atom stereocenters. The SMILES string of the molecule is CCC(CC1CCC(C)N1Cc1ccccc1)OC(=O)C(N)c1ccccc1. The zero-order chi connectivity index (χ0) is 19.9. The molecule has 0 aromatic heterocycles. The second-order valence-electron chi connectivity index (χ2n) is 7.83. The third-order valence-corrected chi connectivity index (χ3v) is 5.85. The Morgan fingerprint density at radius 2 is 1.75 bits per heavy atom. The van der Waals surface area contributed by atoms with Crippen molar-refractivity contribution in [1.29, 1.82) is 0 Å². The number of carbonyl (C=O) groups is 1. The fourth-order valence-electron chi connectivity index (χ4n) is 4.09. The van der Waals surface area contributed by atoms with Crippen molar-refractivity contribution in [2.45, 2.75) is 70.3 Å². The standard InChI is InChI=1S/C24H32N2O2/c1-3-22(28-24(27)23(25)20-12-8-5-9-13-20)16-21-15-14-18(2)26(21)17-19-10-6-4-7-11-19/h4-13,18,21-23H,3,14-17,25H2,1-2H3. The van der Waals surface area contributed by atoms with Gasteiger partial charge >= 0.3 is 5.97 Å². The fraction of sp³-hybridized carbons (Fsp3) is 0.458. The van der Waals surface area contributed by atoms with Gasteiger partial charge in [0.1, 0.15) is 12.1 Å². The minimum absolute atomic E-state index is 0.101. The topological polar surface area (TPSA) is 55.6 Å². The molecule has 1 heterocycles. The van der Waals surface area contributed by atoms with Gasteiger partial charge in [-0.3, -0.25) is 4.90 Å². The van der Waals surface area contributed by atoms with Gasteiger partial charge in [0.25, 0.3) is 0 Å². The second kappa shape index (κ2) is 9.85. The van der Waals surface area contributed by atoms with Crippen LogP contribution in [0.5, 0.6) is 0 Å². The number of hydrogen-bond donors (Lipinski definition) is 1. The maximum absolute atomic E-state index is 12.6. The number of ether oxygens (including phenoxy) is 1. The summed E-state index contributed by atoms with van der Waals surface area (Å²) in [6.07, 6.45) is 3.90. The van der Waals surface area contributed by atoms with Crippen LogP contribution in [0.25, 0.3) is 0 Å². The van der Waals surface area contributed by atoms with Crippen molar-refractivity contribution in [2.24, 2.45) is 5.73 Å². The van der Waals surface area contributed by atoms with Crippen molar-refractivity contribution in [2.75, 3.05) is 0 Å². The Hall–Kier alpha value is -2.17. The summed E-state index contributed by atoms with van der Waals surface area (Å²) in [7, 11) is 0. The molecule has 0 bridgehead atoms. The minimum atomic E-state index is -0.724. The lowest BCUT2D eigenvalue weighted by Gasteiger charge is -2.31. The maximum Gasteiger partial charge on any atom is 0.327 e. The highest BCUT2D eigenvalue weighted by molar-refractivity contribution is 5.77. The third kappa shape index (κ3) is 5.21. The highest BCUT2D eigenvalue weighted by Crippen LogP contribution is 2.30. The molecule has 1 aliphatic heterocycles. The fourth-order valence-corrected chi connectivity index (χ4v) is 4.09. The highest BCUT2D eigenvalue weighted by Gasteiger charge is 2.33. The number of benzene rings is 2. The van der Waals surface area contributed by atoms with Crippen molar-refractivity contribution >= 4 is 5.97 Å². The number of hydrogen-bond acceptors (Lipinski definition) is 4. The van der Waals surface area contributed by atoms with E-state index in [0.717, 1.165) is 31.4 Å². The average molecular weight is 381 g/mol. The number of nitrogens with two attached hydrogens (primary N) is 1. The molecule has 4 nitrogen and oxygen atoms in total. The molecule has 0 amide bonds. The van der Waals surface area contributed by atoms with Crippen molar-refractivity contribution < 1.29 is 9.53 Å². The number of esters is 1. The van der Waals surface area contributed by atoms with Gasteiger partial charge in [-0.15, -0.1) is 0 Å². The summed E-state index contributed by atoms with van der Waals surface area (Å²) < 4.78 is 5.82. The van der Waals surface area contributed by atoms with E-state index >= 15 is 0 Å². The lowest BCUT2D eigenvalue weighted by atomic mass is 10.0. The molecule has 2 aromatic rings. The Morgan fingerprint density at radius 1 is 1.11 bits per heavy atom. The van der Waals surface area contributed by atoms with Crippen molar-refractivity contribution in [1.82, 2.24) is 4.90 Å². The first-order chi connectivity index (χ1) is 13.6. The number of carbonyl (C=O) groups excluding carboxylic acids is 1. The van der Waals surface area contributed by atoms with Crippen LogP contribution in [-0.2, 0) is 16.1 Å². The van der Waals surface area contributed by atoms with Crippen LogP contribution in [-0.4, -0.2) is 29.1 Å². The summed E-state index contributed by atoms with van der Waals surface area (Å²) in [5, 5.41) is 0. The predicted octanol–water partition coefficient (Wildman–Crippen LogP) is 4.45. The summed E-state index contributed by atoms with van der Waals surface area (Å²) in [5.74, 6) is -0.335. The summed E-state index contributed by atoms with van der Waals surface area (Å²) in [4.78, 5) is 15.1. The van der Waals surface area contributed by atoms with E-state index in [1.54, 1.807) is 0 Å². The summed E-state index contributed by atoms with van der Waals surface area (Å²) >= 11 is 0.